The largest absolute Gasteiger partial charge is 0.490 e. The number of amides is 2. The Bertz CT molecular complexity index is 926. The van der Waals surface area contributed by atoms with Gasteiger partial charge in [-0.05, 0) is 18.2 Å². The number of hydrogen-bond acceptors (Lipinski definition) is 3. The lowest BCUT2D eigenvalue weighted by molar-refractivity contribution is 0.227. The van der Waals surface area contributed by atoms with Gasteiger partial charge >= 0.3 is 6.03 Å². The van der Waals surface area contributed by atoms with Crippen molar-refractivity contribution in [1.29, 1.82) is 0 Å². The molecular weight excluding hydrogens is 335 g/mol. The number of ether oxygens (including phenoxy) is 1. The maximum atomic E-state index is 13.8. The van der Waals surface area contributed by atoms with Crippen LogP contribution in [0.1, 0.15) is 18.0 Å². The molecule has 26 heavy (non-hydrogen) atoms. The molecule has 0 aliphatic carbocycles. The van der Waals surface area contributed by atoms with Crippen LogP contribution in [0.4, 0.5) is 15.0 Å². The predicted molar refractivity (Wildman–Crippen MR) is 95.0 cm³/mol. The van der Waals surface area contributed by atoms with E-state index in [1.54, 1.807) is 29.1 Å². The summed E-state index contributed by atoms with van der Waals surface area (Å²) >= 11 is 0. The molecule has 2 aromatic carbocycles. The fraction of sp³-hybridized carbons (Fsp3) is 0.158. The van der Waals surface area contributed by atoms with Crippen molar-refractivity contribution in [2.24, 2.45) is 0 Å². The van der Waals surface area contributed by atoms with Crippen LogP contribution >= 0.6 is 0 Å². The van der Waals surface area contributed by atoms with Crippen molar-refractivity contribution in [2.75, 3.05) is 11.9 Å². The molecule has 1 aromatic heterocycles. The Labute approximate surface area is 149 Å². The van der Waals surface area contributed by atoms with Crippen molar-refractivity contribution in [1.82, 2.24) is 15.1 Å². The number of benzene rings is 2. The summed E-state index contributed by atoms with van der Waals surface area (Å²) in [5, 5.41) is 9.89. The zero-order valence-corrected chi connectivity index (χ0v) is 13.9. The minimum Gasteiger partial charge on any atom is -0.490 e. The zero-order valence-electron chi connectivity index (χ0n) is 13.9. The van der Waals surface area contributed by atoms with Gasteiger partial charge in [-0.2, -0.15) is 0 Å². The van der Waals surface area contributed by atoms with E-state index >= 15 is 0 Å². The first-order chi connectivity index (χ1) is 12.7. The molecule has 7 heteroatoms. The third kappa shape index (κ3) is 3.23. The highest BCUT2D eigenvalue weighted by molar-refractivity contribution is 5.88. The highest BCUT2D eigenvalue weighted by Crippen LogP contribution is 2.33. The van der Waals surface area contributed by atoms with E-state index in [2.05, 4.69) is 15.7 Å². The summed E-state index contributed by atoms with van der Waals surface area (Å²) in [4.78, 5) is 12.3. The number of carbonyl (C=O) groups is 1. The van der Waals surface area contributed by atoms with Gasteiger partial charge in [0.2, 0.25) is 0 Å². The lowest BCUT2D eigenvalue weighted by Gasteiger charge is -2.26. The molecule has 132 valence electrons. The number of nitrogens with zero attached hydrogens (tertiary/aromatic N) is 2. The van der Waals surface area contributed by atoms with Crippen LogP contribution in [0.5, 0.6) is 5.75 Å². The number of nitrogens with one attached hydrogen (secondary N) is 2. The lowest BCUT2D eigenvalue weighted by atomic mass is 10.0. The maximum absolute atomic E-state index is 13.8. The van der Waals surface area contributed by atoms with Crippen LogP contribution in [-0.2, 0) is 0 Å². The lowest BCUT2D eigenvalue weighted by Crippen LogP contribution is -2.35. The van der Waals surface area contributed by atoms with E-state index in [1.807, 2.05) is 30.3 Å². The van der Waals surface area contributed by atoms with Gasteiger partial charge in [-0.15, -0.1) is 5.10 Å². The second-order valence-corrected chi connectivity index (χ2v) is 5.93. The Morgan fingerprint density at radius 3 is 2.85 bits per heavy atom. The first kappa shape index (κ1) is 16.1. The maximum Gasteiger partial charge on any atom is 0.320 e. The van der Waals surface area contributed by atoms with Gasteiger partial charge in [-0.3, -0.25) is 5.32 Å². The smallest absolute Gasteiger partial charge is 0.320 e. The van der Waals surface area contributed by atoms with E-state index in [1.165, 1.54) is 6.07 Å². The summed E-state index contributed by atoms with van der Waals surface area (Å²) in [7, 11) is 0. The van der Waals surface area contributed by atoms with Gasteiger partial charge in [0, 0.05) is 24.2 Å². The molecule has 2 heterocycles. The number of rotatable bonds is 3. The van der Waals surface area contributed by atoms with Crippen molar-refractivity contribution >= 4 is 11.8 Å². The number of halogens is 1. The summed E-state index contributed by atoms with van der Waals surface area (Å²) in [5.74, 6) is 0.214. The van der Waals surface area contributed by atoms with E-state index in [0.29, 0.717) is 24.4 Å². The molecule has 1 aliphatic heterocycles. The average Bonchev–Trinajstić information content (AvgIpc) is 3.12. The van der Waals surface area contributed by atoms with Gasteiger partial charge in [0.05, 0.1) is 18.3 Å². The second kappa shape index (κ2) is 6.87. The SMILES string of the molecule is O=C(Nc1ccn(-c2ccccc2)n1)N[C@H]1CCOc2c(F)cccc21. The van der Waals surface area contributed by atoms with Gasteiger partial charge in [0.15, 0.2) is 17.4 Å². The van der Waals surface area contributed by atoms with Crippen LogP contribution in [0.15, 0.2) is 60.8 Å². The minimum atomic E-state index is -0.420. The number of carbonyl (C=O) groups excluding carboxylic acids is 1. The highest BCUT2D eigenvalue weighted by atomic mass is 19.1. The molecule has 3 aromatic rings. The number of para-hydroxylation sites is 2. The fourth-order valence-corrected chi connectivity index (χ4v) is 2.96. The summed E-state index contributed by atoms with van der Waals surface area (Å²) in [6.45, 7) is 0.349. The van der Waals surface area contributed by atoms with Gasteiger partial charge in [0.25, 0.3) is 0 Å². The molecule has 0 bridgehead atoms. The van der Waals surface area contributed by atoms with Crippen molar-refractivity contribution in [2.45, 2.75) is 12.5 Å². The van der Waals surface area contributed by atoms with Crippen LogP contribution in [0.25, 0.3) is 5.69 Å². The molecule has 2 N–H and O–H groups in total. The third-order valence-corrected chi connectivity index (χ3v) is 4.18. The molecule has 0 saturated carbocycles. The summed E-state index contributed by atoms with van der Waals surface area (Å²) < 4.78 is 20.9. The Hall–Kier alpha value is -3.35. The Morgan fingerprint density at radius 2 is 2.00 bits per heavy atom. The number of aromatic nitrogens is 2. The van der Waals surface area contributed by atoms with Crippen molar-refractivity contribution in [3.63, 3.8) is 0 Å². The molecule has 4 rings (SSSR count). The van der Waals surface area contributed by atoms with Gasteiger partial charge in [-0.25, -0.2) is 13.9 Å². The zero-order chi connectivity index (χ0) is 17.9. The Morgan fingerprint density at radius 1 is 1.15 bits per heavy atom. The standard InChI is InChI=1S/C19H17FN4O2/c20-15-8-4-7-14-16(10-12-26-18(14)15)21-19(25)22-17-9-11-24(23-17)13-5-2-1-3-6-13/h1-9,11,16H,10,12H2,(H2,21,22,23,25)/t16-/m0/s1. The monoisotopic (exact) mass is 352 g/mol. The predicted octanol–water partition coefficient (Wildman–Crippen LogP) is 3.66. The fourth-order valence-electron chi connectivity index (χ4n) is 2.96. The van der Waals surface area contributed by atoms with Crippen molar-refractivity contribution in [3.8, 4) is 11.4 Å². The van der Waals surface area contributed by atoms with Crippen LogP contribution in [-0.4, -0.2) is 22.4 Å². The van der Waals surface area contributed by atoms with E-state index in [0.717, 1.165) is 5.69 Å². The van der Waals surface area contributed by atoms with E-state index < -0.39 is 11.8 Å². The van der Waals surface area contributed by atoms with Crippen molar-refractivity contribution in [3.05, 3.63) is 72.2 Å². The Kier molecular flexibility index (Phi) is 4.27. The first-order valence-electron chi connectivity index (χ1n) is 8.30. The molecule has 1 aliphatic rings. The second-order valence-electron chi connectivity index (χ2n) is 5.93. The summed E-state index contributed by atoms with van der Waals surface area (Å²) in [5.41, 5.74) is 1.54. The molecule has 1 atom stereocenters. The first-order valence-corrected chi connectivity index (χ1v) is 8.30. The number of hydrogen-bond donors (Lipinski definition) is 2. The molecule has 0 unspecified atom stereocenters. The van der Waals surface area contributed by atoms with Crippen LogP contribution in [0.2, 0.25) is 0 Å². The van der Waals surface area contributed by atoms with Crippen LogP contribution < -0.4 is 15.4 Å². The van der Waals surface area contributed by atoms with Gasteiger partial charge in [-0.1, -0.05) is 30.3 Å². The summed E-state index contributed by atoms with van der Waals surface area (Å²) in [6, 6.07) is 15.3. The molecule has 0 radical (unpaired) electrons. The van der Waals surface area contributed by atoms with E-state index in [4.69, 9.17) is 4.74 Å². The number of fused-ring (bicyclic) bond motifs is 1. The quantitative estimate of drug-likeness (QED) is 0.756. The number of anilines is 1. The summed E-state index contributed by atoms with van der Waals surface area (Å²) in [6.07, 6.45) is 2.34. The van der Waals surface area contributed by atoms with E-state index in [-0.39, 0.29) is 11.8 Å². The molecule has 2 amide bonds. The third-order valence-electron chi connectivity index (χ3n) is 4.18. The van der Waals surface area contributed by atoms with Crippen LogP contribution in [0.3, 0.4) is 0 Å². The van der Waals surface area contributed by atoms with E-state index in [9.17, 15) is 9.18 Å². The van der Waals surface area contributed by atoms with Gasteiger partial charge < -0.3 is 10.1 Å². The normalized spacial score (nSPS) is 15.7. The Balaban J connectivity index is 1.44. The average molecular weight is 352 g/mol. The molecule has 0 fully saturated rings. The van der Waals surface area contributed by atoms with Crippen molar-refractivity contribution < 1.29 is 13.9 Å². The highest BCUT2D eigenvalue weighted by Gasteiger charge is 2.25. The topological polar surface area (TPSA) is 68.2 Å². The van der Waals surface area contributed by atoms with Gasteiger partial charge in [0.1, 0.15) is 0 Å². The minimum absolute atomic E-state index is 0.206. The molecule has 6 nitrogen and oxygen atoms in total. The molecular formula is C19H17FN4O2. The molecule has 0 saturated heterocycles. The molecule has 0 spiro atoms. The number of urea groups is 1. The van der Waals surface area contributed by atoms with Crippen LogP contribution in [0, 0.1) is 5.82 Å².